The summed E-state index contributed by atoms with van der Waals surface area (Å²) < 4.78 is 0. The smallest absolute Gasteiger partial charge is 0.303 e. The Balaban J connectivity index is 1.86. The van der Waals surface area contributed by atoms with Crippen molar-refractivity contribution in [2.24, 2.45) is 0 Å². The molecular formula is C17H20O6. The van der Waals surface area contributed by atoms with Crippen molar-refractivity contribution in [3.63, 3.8) is 0 Å². The molecule has 0 heterocycles. The van der Waals surface area contributed by atoms with Crippen molar-refractivity contribution in [2.45, 2.75) is 39.5 Å². The molecule has 2 aliphatic carbocycles. The first-order chi connectivity index (χ1) is 11.2. The molecule has 0 aromatic heterocycles. The fraction of sp³-hybridized carbons (Fsp3) is 0.353. The third kappa shape index (κ3) is 5.03. The van der Waals surface area contributed by atoms with E-state index in [0.29, 0.717) is 48.5 Å². The first-order valence-corrected chi connectivity index (χ1v) is 7.58. The molecule has 0 spiro atoms. The highest BCUT2D eigenvalue weighted by molar-refractivity contribution is 5.88. The molecule has 0 N–H and O–H groups in total. The van der Waals surface area contributed by atoms with Gasteiger partial charge in [-0.15, -0.1) is 0 Å². The van der Waals surface area contributed by atoms with E-state index in [1.807, 2.05) is 38.2 Å². The van der Waals surface area contributed by atoms with Crippen LogP contribution in [0.15, 0.2) is 59.3 Å². The molecule has 23 heavy (non-hydrogen) atoms. The van der Waals surface area contributed by atoms with Crippen molar-refractivity contribution in [2.75, 3.05) is 0 Å². The number of carbonyl (C=O) groups excluding carboxylic acids is 1. The lowest BCUT2D eigenvalue weighted by molar-refractivity contribution is -0.467. The van der Waals surface area contributed by atoms with Crippen LogP contribution in [0.2, 0.25) is 0 Å². The highest BCUT2D eigenvalue weighted by atomic mass is 17.5. The van der Waals surface area contributed by atoms with Crippen LogP contribution in [0.25, 0.3) is 0 Å². The maximum Gasteiger partial charge on any atom is 0.376 e. The van der Waals surface area contributed by atoms with Gasteiger partial charge in [-0.05, 0) is 18.6 Å². The minimum atomic E-state index is -0.668. The van der Waals surface area contributed by atoms with Gasteiger partial charge in [-0.2, -0.15) is 0 Å². The zero-order valence-electron chi connectivity index (χ0n) is 13.2. The predicted molar refractivity (Wildman–Crippen MR) is 81.7 cm³/mol. The molecule has 2 aliphatic rings. The molecule has 6 nitrogen and oxygen atoms in total. The fourth-order valence-electron chi connectivity index (χ4n) is 2.00. The van der Waals surface area contributed by atoms with Crippen LogP contribution in [0.5, 0.6) is 0 Å². The van der Waals surface area contributed by atoms with Gasteiger partial charge in [0.15, 0.2) is 17.3 Å². The molecule has 0 unspecified atom stereocenters. The molecule has 0 saturated heterocycles. The van der Waals surface area contributed by atoms with E-state index in [1.54, 1.807) is 12.2 Å². The van der Waals surface area contributed by atoms with Crippen molar-refractivity contribution in [1.29, 1.82) is 0 Å². The molecule has 0 radical (unpaired) electrons. The van der Waals surface area contributed by atoms with Gasteiger partial charge in [-0.1, -0.05) is 38.2 Å². The third-order valence-corrected chi connectivity index (χ3v) is 3.23. The Kier molecular flexibility index (Phi) is 6.50. The van der Waals surface area contributed by atoms with E-state index in [4.69, 9.17) is 14.7 Å². The standard InChI is InChI=1S/C17H20O6/c1-3-15(16(4-2)21-19-13-9-5-6-10-13)17(18)22-23-20-14-11-7-8-12-14/h5-9,11H,3-4,10,12H2,1-2H3. The Morgan fingerprint density at radius 2 is 1.61 bits per heavy atom. The average molecular weight is 320 g/mol. The molecule has 124 valence electrons. The van der Waals surface area contributed by atoms with Crippen LogP contribution in [0.4, 0.5) is 0 Å². The molecule has 6 heteroatoms. The van der Waals surface area contributed by atoms with Gasteiger partial charge < -0.3 is 4.89 Å². The molecular weight excluding hydrogens is 300 g/mol. The molecule has 0 bridgehead atoms. The Morgan fingerprint density at radius 3 is 2.13 bits per heavy atom. The highest BCUT2D eigenvalue weighted by Gasteiger charge is 2.19. The zero-order valence-corrected chi connectivity index (χ0v) is 13.2. The largest absolute Gasteiger partial charge is 0.376 e. The normalized spacial score (nSPS) is 16.6. The summed E-state index contributed by atoms with van der Waals surface area (Å²) in [5.41, 5.74) is 0.334. The van der Waals surface area contributed by atoms with Crippen LogP contribution in [-0.2, 0) is 29.4 Å². The number of allylic oxidation sites excluding steroid dienone is 7. The monoisotopic (exact) mass is 320 g/mol. The minimum absolute atomic E-state index is 0.334. The van der Waals surface area contributed by atoms with Gasteiger partial charge in [0.05, 0.1) is 5.57 Å². The molecule has 2 rings (SSSR count). The second-order valence-corrected chi connectivity index (χ2v) is 4.83. The van der Waals surface area contributed by atoms with Gasteiger partial charge in [0, 0.05) is 24.3 Å². The van der Waals surface area contributed by atoms with E-state index in [1.165, 1.54) is 0 Å². The highest BCUT2D eigenvalue weighted by Crippen LogP contribution is 2.20. The summed E-state index contributed by atoms with van der Waals surface area (Å²) in [5.74, 6) is 0.976. The van der Waals surface area contributed by atoms with E-state index in [2.05, 4.69) is 9.93 Å². The summed E-state index contributed by atoms with van der Waals surface area (Å²) in [6.07, 6.45) is 13.2. The maximum absolute atomic E-state index is 12.1. The second kappa shape index (κ2) is 8.85. The van der Waals surface area contributed by atoms with Gasteiger partial charge in [0.2, 0.25) is 0 Å². The van der Waals surface area contributed by atoms with Crippen LogP contribution in [0, 0.1) is 0 Å². The molecule has 0 aliphatic heterocycles. The van der Waals surface area contributed by atoms with E-state index in [9.17, 15) is 4.79 Å². The number of rotatable bonds is 9. The average Bonchev–Trinajstić information content (AvgIpc) is 3.24. The van der Waals surface area contributed by atoms with Crippen molar-refractivity contribution >= 4 is 5.97 Å². The summed E-state index contributed by atoms with van der Waals surface area (Å²) in [6.45, 7) is 3.67. The number of hydrogen-bond acceptors (Lipinski definition) is 6. The van der Waals surface area contributed by atoms with E-state index >= 15 is 0 Å². The number of carbonyl (C=O) groups is 1. The molecule has 0 aromatic carbocycles. The van der Waals surface area contributed by atoms with Gasteiger partial charge in [0.1, 0.15) is 0 Å². The van der Waals surface area contributed by atoms with Crippen LogP contribution in [0.3, 0.4) is 0 Å². The van der Waals surface area contributed by atoms with Crippen molar-refractivity contribution in [3.05, 3.63) is 59.3 Å². The van der Waals surface area contributed by atoms with Crippen LogP contribution in [-0.4, -0.2) is 5.97 Å². The van der Waals surface area contributed by atoms with Gasteiger partial charge in [0.25, 0.3) is 0 Å². The summed E-state index contributed by atoms with van der Waals surface area (Å²) in [6, 6.07) is 0. The summed E-state index contributed by atoms with van der Waals surface area (Å²) in [7, 11) is 0. The Labute approximate surface area is 135 Å². The van der Waals surface area contributed by atoms with E-state index in [-0.39, 0.29) is 0 Å². The summed E-state index contributed by atoms with van der Waals surface area (Å²) in [4.78, 5) is 32.1. The summed E-state index contributed by atoms with van der Waals surface area (Å²) in [5, 5.41) is 4.53. The van der Waals surface area contributed by atoms with Gasteiger partial charge in [-0.3, -0.25) is 14.7 Å². The van der Waals surface area contributed by atoms with Gasteiger partial charge in [-0.25, -0.2) is 4.79 Å². The Morgan fingerprint density at radius 1 is 0.957 bits per heavy atom. The Bertz CT molecular complexity index is 580. The third-order valence-electron chi connectivity index (χ3n) is 3.23. The number of hydrogen-bond donors (Lipinski definition) is 0. The van der Waals surface area contributed by atoms with Gasteiger partial charge >= 0.3 is 5.97 Å². The second-order valence-electron chi connectivity index (χ2n) is 4.83. The quantitative estimate of drug-likeness (QED) is 0.276. The molecule has 0 saturated carbocycles. The summed E-state index contributed by atoms with van der Waals surface area (Å²) >= 11 is 0. The first-order valence-electron chi connectivity index (χ1n) is 7.58. The topological polar surface area (TPSA) is 63.2 Å². The molecule has 0 atom stereocenters. The van der Waals surface area contributed by atoms with Crippen molar-refractivity contribution < 1.29 is 29.4 Å². The lowest BCUT2D eigenvalue weighted by Crippen LogP contribution is -2.12. The zero-order chi connectivity index (χ0) is 16.5. The van der Waals surface area contributed by atoms with Crippen molar-refractivity contribution in [1.82, 2.24) is 0 Å². The maximum atomic E-state index is 12.1. The first kappa shape index (κ1) is 16.9. The Hall–Kier alpha value is -2.47. The van der Waals surface area contributed by atoms with E-state index in [0.717, 1.165) is 0 Å². The predicted octanol–water partition coefficient (Wildman–Crippen LogP) is 4.10. The minimum Gasteiger partial charge on any atom is -0.303 e. The SMILES string of the molecule is CCC(OOC1=CC=CC1)=C(CC)C(=O)OOOC1=CC=CC1. The van der Waals surface area contributed by atoms with Crippen LogP contribution >= 0.6 is 0 Å². The lowest BCUT2D eigenvalue weighted by atomic mass is 10.1. The fourth-order valence-corrected chi connectivity index (χ4v) is 2.00. The van der Waals surface area contributed by atoms with Crippen molar-refractivity contribution in [3.8, 4) is 0 Å². The van der Waals surface area contributed by atoms with E-state index < -0.39 is 5.97 Å². The lowest BCUT2D eigenvalue weighted by Gasteiger charge is -2.12. The molecule has 0 aromatic rings. The molecule has 0 amide bonds. The van der Waals surface area contributed by atoms with Crippen LogP contribution in [0.1, 0.15) is 39.5 Å². The molecule has 0 fully saturated rings. The van der Waals surface area contributed by atoms with Crippen LogP contribution < -0.4 is 0 Å².